The Kier molecular flexibility index (Phi) is 5.97. The van der Waals surface area contributed by atoms with Gasteiger partial charge in [0.05, 0.1) is 15.9 Å². The first-order chi connectivity index (χ1) is 14.6. The van der Waals surface area contributed by atoms with Crippen LogP contribution in [0.15, 0.2) is 73.1 Å². The second kappa shape index (κ2) is 8.98. The number of amides is 1. The number of halogens is 2. The topological polar surface area (TPSA) is 73.3 Å². The molecule has 1 N–H and O–H groups in total. The fourth-order valence-electron chi connectivity index (χ4n) is 2.78. The van der Waals surface area contributed by atoms with Crippen molar-refractivity contribution in [3.05, 3.63) is 83.1 Å². The molecule has 0 radical (unpaired) electrons. The molecule has 0 saturated heterocycles. The molecule has 1 heterocycles. The van der Waals surface area contributed by atoms with Crippen LogP contribution in [-0.4, -0.2) is 22.5 Å². The minimum Gasteiger partial charge on any atom is -0.467 e. The van der Waals surface area contributed by atoms with Gasteiger partial charge in [0, 0.05) is 16.8 Å². The average molecular weight is 440 g/mol. The maximum absolute atomic E-state index is 12.4. The van der Waals surface area contributed by atoms with Gasteiger partial charge in [0.15, 0.2) is 6.61 Å². The Bertz CT molecular complexity index is 1200. The number of carbonyl (C=O) groups is 1. The predicted molar refractivity (Wildman–Crippen MR) is 117 cm³/mol. The number of para-hydroxylation sites is 1. The van der Waals surface area contributed by atoms with Crippen LogP contribution in [0.5, 0.6) is 17.4 Å². The molecule has 0 fully saturated rings. The Morgan fingerprint density at radius 1 is 0.933 bits per heavy atom. The lowest BCUT2D eigenvalue weighted by Crippen LogP contribution is -2.20. The van der Waals surface area contributed by atoms with Crippen molar-refractivity contribution in [2.24, 2.45) is 0 Å². The van der Waals surface area contributed by atoms with Crippen molar-refractivity contribution < 1.29 is 14.3 Å². The number of benzene rings is 3. The number of ether oxygens (including phenoxy) is 2. The van der Waals surface area contributed by atoms with Gasteiger partial charge in [-0.05, 0) is 36.4 Å². The quantitative estimate of drug-likeness (QED) is 0.414. The second-order valence-corrected chi connectivity index (χ2v) is 7.09. The molecule has 3 aromatic carbocycles. The highest BCUT2D eigenvalue weighted by Crippen LogP contribution is 2.31. The highest BCUT2D eigenvalue weighted by molar-refractivity contribution is 6.38. The number of nitrogens with one attached hydrogen (secondary N) is 1. The number of rotatable bonds is 6. The van der Waals surface area contributed by atoms with Crippen molar-refractivity contribution in [1.82, 2.24) is 9.97 Å². The van der Waals surface area contributed by atoms with Gasteiger partial charge in [0.1, 0.15) is 17.8 Å². The minimum absolute atomic E-state index is 0.223. The van der Waals surface area contributed by atoms with Gasteiger partial charge < -0.3 is 14.8 Å². The van der Waals surface area contributed by atoms with Crippen LogP contribution in [0.3, 0.4) is 0 Å². The third-order valence-corrected chi connectivity index (χ3v) is 4.56. The van der Waals surface area contributed by atoms with E-state index >= 15 is 0 Å². The maximum atomic E-state index is 12.4. The third-order valence-electron chi connectivity index (χ3n) is 4.06. The summed E-state index contributed by atoms with van der Waals surface area (Å²) in [7, 11) is 0. The van der Waals surface area contributed by atoms with Crippen LogP contribution in [-0.2, 0) is 4.79 Å². The molecule has 150 valence electrons. The Morgan fingerprint density at radius 3 is 2.57 bits per heavy atom. The van der Waals surface area contributed by atoms with E-state index in [-0.39, 0.29) is 18.4 Å². The number of anilines is 1. The molecule has 0 aliphatic rings. The Hall–Kier alpha value is -3.35. The highest BCUT2D eigenvalue weighted by Gasteiger charge is 2.12. The molecule has 0 spiro atoms. The van der Waals surface area contributed by atoms with Crippen molar-refractivity contribution >= 4 is 45.7 Å². The highest BCUT2D eigenvalue weighted by atomic mass is 35.5. The van der Waals surface area contributed by atoms with E-state index in [1.165, 1.54) is 6.33 Å². The van der Waals surface area contributed by atoms with Gasteiger partial charge in [-0.3, -0.25) is 4.79 Å². The zero-order valence-electron chi connectivity index (χ0n) is 15.5. The molecule has 1 aromatic heterocycles. The van der Waals surface area contributed by atoms with Gasteiger partial charge in [0.25, 0.3) is 5.91 Å². The minimum atomic E-state index is -0.355. The maximum Gasteiger partial charge on any atom is 0.262 e. The van der Waals surface area contributed by atoms with E-state index in [9.17, 15) is 4.79 Å². The number of aromatic nitrogens is 2. The molecule has 1 amide bonds. The fourth-order valence-corrected chi connectivity index (χ4v) is 3.32. The number of hydrogen-bond acceptors (Lipinski definition) is 5. The van der Waals surface area contributed by atoms with Gasteiger partial charge in [-0.15, -0.1) is 0 Å². The molecular formula is C22H15Cl2N3O3. The Balaban J connectivity index is 1.42. The SMILES string of the molecule is O=C(COc1ncnc2c(Cl)cc(Cl)cc12)Nc1cccc(Oc2ccccc2)c1. The predicted octanol–water partition coefficient (Wildman–Crippen LogP) is 5.75. The van der Waals surface area contributed by atoms with Gasteiger partial charge in [-0.2, -0.15) is 0 Å². The molecule has 0 unspecified atom stereocenters. The van der Waals surface area contributed by atoms with Crippen LogP contribution >= 0.6 is 23.2 Å². The Morgan fingerprint density at radius 2 is 1.73 bits per heavy atom. The number of carbonyl (C=O) groups excluding carboxylic acids is 1. The van der Waals surface area contributed by atoms with Crippen molar-refractivity contribution in [2.45, 2.75) is 0 Å². The molecule has 0 aliphatic carbocycles. The molecule has 4 rings (SSSR count). The summed E-state index contributed by atoms with van der Waals surface area (Å²) in [6.45, 7) is -0.250. The smallest absolute Gasteiger partial charge is 0.262 e. The van der Waals surface area contributed by atoms with Crippen LogP contribution in [0, 0.1) is 0 Å². The zero-order chi connectivity index (χ0) is 20.9. The van der Waals surface area contributed by atoms with Crippen molar-refractivity contribution in [2.75, 3.05) is 11.9 Å². The van der Waals surface area contributed by atoms with E-state index in [4.69, 9.17) is 32.7 Å². The number of nitrogens with zero attached hydrogens (tertiary/aromatic N) is 2. The fraction of sp³-hybridized carbons (Fsp3) is 0.0455. The van der Waals surface area contributed by atoms with Gasteiger partial charge >= 0.3 is 0 Å². The van der Waals surface area contributed by atoms with E-state index < -0.39 is 0 Å². The normalized spacial score (nSPS) is 10.6. The average Bonchev–Trinajstić information content (AvgIpc) is 2.73. The summed E-state index contributed by atoms with van der Waals surface area (Å²) in [5.41, 5.74) is 1.08. The number of fused-ring (bicyclic) bond motifs is 1. The summed E-state index contributed by atoms with van der Waals surface area (Å²) >= 11 is 12.2. The third kappa shape index (κ3) is 4.79. The monoisotopic (exact) mass is 439 g/mol. The molecule has 0 atom stereocenters. The molecule has 8 heteroatoms. The largest absolute Gasteiger partial charge is 0.467 e. The molecule has 6 nitrogen and oxygen atoms in total. The second-order valence-electron chi connectivity index (χ2n) is 6.24. The summed E-state index contributed by atoms with van der Waals surface area (Å²) in [6, 6.07) is 19.7. The molecule has 0 bridgehead atoms. The van der Waals surface area contributed by atoms with Crippen molar-refractivity contribution in [1.29, 1.82) is 0 Å². The first-order valence-corrected chi connectivity index (χ1v) is 9.69. The lowest BCUT2D eigenvalue weighted by atomic mass is 10.2. The zero-order valence-corrected chi connectivity index (χ0v) is 17.0. The van der Waals surface area contributed by atoms with Crippen LogP contribution in [0.2, 0.25) is 10.0 Å². The van der Waals surface area contributed by atoms with Crippen LogP contribution in [0.4, 0.5) is 5.69 Å². The van der Waals surface area contributed by atoms with Gasteiger partial charge in [-0.25, -0.2) is 9.97 Å². The van der Waals surface area contributed by atoms with E-state index in [1.54, 1.807) is 36.4 Å². The van der Waals surface area contributed by atoms with Gasteiger partial charge in [-0.1, -0.05) is 47.5 Å². The van der Waals surface area contributed by atoms with Crippen LogP contribution in [0.25, 0.3) is 10.9 Å². The Labute approximate surface area is 182 Å². The van der Waals surface area contributed by atoms with Crippen LogP contribution in [0.1, 0.15) is 0 Å². The molecule has 4 aromatic rings. The van der Waals surface area contributed by atoms with E-state index in [0.29, 0.717) is 38.1 Å². The molecular weight excluding hydrogens is 425 g/mol. The molecule has 0 saturated carbocycles. The first-order valence-electron chi connectivity index (χ1n) is 8.94. The summed E-state index contributed by atoms with van der Waals surface area (Å²) in [5, 5.41) is 4.10. The summed E-state index contributed by atoms with van der Waals surface area (Å²) in [4.78, 5) is 20.6. The van der Waals surface area contributed by atoms with Crippen LogP contribution < -0.4 is 14.8 Å². The van der Waals surface area contributed by atoms with E-state index in [1.807, 2.05) is 30.3 Å². The lowest BCUT2D eigenvalue weighted by Gasteiger charge is -2.10. The summed E-state index contributed by atoms with van der Waals surface area (Å²) in [6.07, 6.45) is 1.32. The summed E-state index contributed by atoms with van der Waals surface area (Å²) < 4.78 is 11.4. The molecule has 30 heavy (non-hydrogen) atoms. The lowest BCUT2D eigenvalue weighted by molar-refractivity contribution is -0.118. The van der Waals surface area contributed by atoms with Crippen molar-refractivity contribution in [3.8, 4) is 17.4 Å². The summed E-state index contributed by atoms with van der Waals surface area (Å²) in [5.74, 6) is 1.18. The molecule has 0 aliphatic heterocycles. The standard InChI is InChI=1S/C22H15Cl2N3O3/c23-14-9-18-21(19(24)10-14)25-13-26-22(18)29-12-20(28)27-15-5-4-8-17(11-15)30-16-6-2-1-3-7-16/h1-11,13H,12H2,(H,27,28). The van der Waals surface area contributed by atoms with Crippen molar-refractivity contribution in [3.63, 3.8) is 0 Å². The van der Waals surface area contributed by atoms with E-state index in [0.717, 1.165) is 0 Å². The van der Waals surface area contributed by atoms with E-state index in [2.05, 4.69) is 15.3 Å². The van der Waals surface area contributed by atoms with Gasteiger partial charge in [0.2, 0.25) is 5.88 Å². The number of hydrogen-bond donors (Lipinski definition) is 1. The first kappa shape index (κ1) is 19.9.